The lowest BCUT2D eigenvalue weighted by atomic mass is 9.98. The largest absolute Gasteiger partial charge is 0.376 e. The Morgan fingerprint density at radius 3 is 2.92 bits per heavy atom. The minimum Gasteiger partial charge on any atom is -0.376 e. The molecule has 1 amide bonds. The highest BCUT2D eigenvalue weighted by Crippen LogP contribution is 2.20. The molecule has 1 fully saturated rings. The Morgan fingerprint density at radius 1 is 1.29 bits per heavy atom. The van der Waals surface area contributed by atoms with Gasteiger partial charge in [0, 0.05) is 23.6 Å². The van der Waals surface area contributed by atoms with Gasteiger partial charge in [-0.1, -0.05) is 37.5 Å². The van der Waals surface area contributed by atoms with Crippen molar-refractivity contribution in [3.05, 3.63) is 36.0 Å². The zero-order valence-corrected chi connectivity index (χ0v) is 14.1. The number of hydrogen-bond acceptors (Lipinski definition) is 3. The number of para-hydroxylation sites is 1. The minimum atomic E-state index is -0.543. The predicted octanol–water partition coefficient (Wildman–Crippen LogP) is 2.50. The first-order valence-electron chi connectivity index (χ1n) is 8.94. The monoisotopic (exact) mass is 329 g/mol. The van der Waals surface area contributed by atoms with Crippen LogP contribution in [-0.2, 0) is 16.0 Å². The summed E-state index contributed by atoms with van der Waals surface area (Å²) in [6, 6.07) is 7.51. The van der Waals surface area contributed by atoms with E-state index in [0.717, 1.165) is 29.3 Å². The summed E-state index contributed by atoms with van der Waals surface area (Å²) in [7, 11) is 0. The van der Waals surface area contributed by atoms with Crippen molar-refractivity contribution in [1.82, 2.24) is 10.3 Å². The van der Waals surface area contributed by atoms with E-state index in [9.17, 15) is 4.79 Å². The summed E-state index contributed by atoms with van der Waals surface area (Å²) in [6.07, 6.45) is 8.96. The smallest absolute Gasteiger partial charge is 0.237 e. The molecule has 1 saturated carbocycles. The summed E-state index contributed by atoms with van der Waals surface area (Å²) >= 11 is 0. The van der Waals surface area contributed by atoms with Gasteiger partial charge in [0.15, 0.2) is 0 Å². The van der Waals surface area contributed by atoms with E-state index in [1.807, 2.05) is 30.5 Å². The summed E-state index contributed by atoms with van der Waals surface area (Å²) in [5.41, 5.74) is 8.20. The van der Waals surface area contributed by atoms with Crippen molar-refractivity contribution < 1.29 is 9.53 Å². The third-order valence-corrected chi connectivity index (χ3v) is 4.76. The van der Waals surface area contributed by atoms with Crippen LogP contribution in [0, 0.1) is 0 Å². The van der Waals surface area contributed by atoms with E-state index < -0.39 is 6.04 Å². The second-order valence-electron chi connectivity index (χ2n) is 6.59. The molecular formula is C19H27N3O2. The van der Waals surface area contributed by atoms with Crippen LogP contribution in [0.1, 0.15) is 37.7 Å². The predicted molar refractivity (Wildman–Crippen MR) is 95.8 cm³/mol. The third kappa shape index (κ3) is 4.36. The Bertz CT molecular complexity index is 661. The van der Waals surface area contributed by atoms with Crippen LogP contribution in [0.2, 0.25) is 0 Å². The van der Waals surface area contributed by atoms with Gasteiger partial charge in [0.1, 0.15) is 0 Å². The molecule has 4 N–H and O–H groups in total. The zero-order chi connectivity index (χ0) is 16.8. The van der Waals surface area contributed by atoms with Crippen LogP contribution >= 0.6 is 0 Å². The molecule has 1 aromatic carbocycles. The number of nitrogens with two attached hydrogens (primary N) is 1. The van der Waals surface area contributed by atoms with E-state index in [1.54, 1.807) is 0 Å². The van der Waals surface area contributed by atoms with Crippen molar-refractivity contribution in [3.63, 3.8) is 0 Å². The summed E-state index contributed by atoms with van der Waals surface area (Å²) in [6.45, 7) is 1.09. The molecule has 3 rings (SSSR count). The molecular weight excluding hydrogens is 302 g/mol. The minimum absolute atomic E-state index is 0.118. The number of rotatable bonds is 7. The molecule has 1 aromatic heterocycles. The van der Waals surface area contributed by atoms with Gasteiger partial charge in [0.2, 0.25) is 5.91 Å². The molecule has 1 aliphatic rings. The molecule has 5 heteroatoms. The highest BCUT2D eigenvalue weighted by atomic mass is 16.5. The van der Waals surface area contributed by atoms with Crippen LogP contribution < -0.4 is 11.1 Å². The van der Waals surface area contributed by atoms with E-state index in [-0.39, 0.29) is 5.91 Å². The Balaban J connectivity index is 1.41. The first-order chi connectivity index (χ1) is 11.7. The van der Waals surface area contributed by atoms with Gasteiger partial charge in [-0.15, -0.1) is 0 Å². The zero-order valence-electron chi connectivity index (χ0n) is 14.1. The lowest BCUT2D eigenvalue weighted by Crippen LogP contribution is -2.43. The second-order valence-corrected chi connectivity index (χ2v) is 6.59. The van der Waals surface area contributed by atoms with Crippen LogP contribution in [-0.4, -0.2) is 36.2 Å². The van der Waals surface area contributed by atoms with E-state index in [1.165, 1.54) is 19.3 Å². The Labute approximate surface area is 142 Å². The summed E-state index contributed by atoms with van der Waals surface area (Å²) in [5, 5.41) is 4.01. The summed E-state index contributed by atoms with van der Waals surface area (Å²) in [5.74, 6) is -0.118. The molecule has 1 aliphatic carbocycles. The van der Waals surface area contributed by atoms with Gasteiger partial charge in [0.05, 0.1) is 18.8 Å². The molecule has 0 radical (unpaired) electrons. The number of benzene rings is 1. The van der Waals surface area contributed by atoms with E-state index >= 15 is 0 Å². The number of aromatic amines is 1. The SMILES string of the molecule is N[C@@H](Cc1c[nH]c2ccccc12)C(=O)NCCOC1CCCCC1. The van der Waals surface area contributed by atoms with Gasteiger partial charge in [-0.05, 0) is 30.9 Å². The van der Waals surface area contributed by atoms with Gasteiger partial charge < -0.3 is 20.8 Å². The van der Waals surface area contributed by atoms with Gasteiger partial charge in [-0.2, -0.15) is 0 Å². The highest BCUT2D eigenvalue weighted by Gasteiger charge is 2.17. The Morgan fingerprint density at radius 2 is 2.08 bits per heavy atom. The number of fused-ring (bicyclic) bond motifs is 1. The van der Waals surface area contributed by atoms with Gasteiger partial charge in [0.25, 0.3) is 0 Å². The average molecular weight is 329 g/mol. The molecule has 2 aromatic rings. The number of amides is 1. The quantitative estimate of drug-likeness (QED) is 0.683. The maximum Gasteiger partial charge on any atom is 0.237 e. The van der Waals surface area contributed by atoms with Crippen molar-refractivity contribution >= 4 is 16.8 Å². The van der Waals surface area contributed by atoms with Gasteiger partial charge in [-0.3, -0.25) is 4.79 Å². The average Bonchev–Trinajstić information content (AvgIpc) is 3.02. The third-order valence-electron chi connectivity index (χ3n) is 4.76. The second kappa shape index (κ2) is 8.31. The van der Waals surface area contributed by atoms with E-state index in [4.69, 9.17) is 10.5 Å². The van der Waals surface area contributed by atoms with Gasteiger partial charge in [-0.25, -0.2) is 0 Å². The van der Waals surface area contributed by atoms with Crippen LogP contribution in [0.4, 0.5) is 0 Å². The lowest BCUT2D eigenvalue weighted by molar-refractivity contribution is -0.122. The molecule has 0 aliphatic heterocycles. The molecule has 1 heterocycles. The molecule has 24 heavy (non-hydrogen) atoms. The maximum atomic E-state index is 12.2. The van der Waals surface area contributed by atoms with Crippen molar-refractivity contribution in [2.24, 2.45) is 5.73 Å². The van der Waals surface area contributed by atoms with Crippen molar-refractivity contribution in [3.8, 4) is 0 Å². The molecule has 0 saturated heterocycles. The standard InChI is InChI=1S/C19H27N3O2/c20-17(12-14-13-22-18-9-5-4-8-16(14)18)19(23)21-10-11-24-15-6-2-1-3-7-15/h4-5,8-9,13,15,17,22H,1-3,6-7,10-12,20H2,(H,21,23)/t17-/m0/s1. The number of ether oxygens (including phenoxy) is 1. The van der Waals surface area contributed by atoms with Crippen LogP contribution in [0.15, 0.2) is 30.5 Å². The number of carbonyl (C=O) groups is 1. The summed E-state index contributed by atoms with van der Waals surface area (Å²) < 4.78 is 5.82. The summed E-state index contributed by atoms with van der Waals surface area (Å²) in [4.78, 5) is 15.4. The number of aromatic nitrogens is 1. The number of nitrogens with one attached hydrogen (secondary N) is 2. The van der Waals surface area contributed by atoms with E-state index in [0.29, 0.717) is 25.7 Å². The van der Waals surface area contributed by atoms with Crippen LogP contribution in [0.3, 0.4) is 0 Å². The number of hydrogen-bond donors (Lipinski definition) is 3. The maximum absolute atomic E-state index is 12.2. The molecule has 0 unspecified atom stereocenters. The van der Waals surface area contributed by atoms with Crippen molar-refractivity contribution in [1.29, 1.82) is 0 Å². The molecule has 130 valence electrons. The first-order valence-corrected chi connectivity index (χ1v) is 8.94. The molecule has 0 bridgehead atoms. The van der Waals surface area contributed by atoms with Crippen molar-refractivity contribution in [2.45, 2.75) is 50.7 Å². The fraction of sp³-hybridized carbons (Fsp3) is 0.526. The Hall–Kier alpha value is -1.85. The fourth-order valence-electron chi connectivity index (χ4n) is 3.39. The lowest BCUT2D eigenvalue weighted by Gasteiger charge is -2.22. The fourth-order valence-corrected chi connectivity index (χ4v) is 3.39. The molecule has 1 atom stereocenters. The highest BCUT2D eigenvalue weighted by molar-refractivity contribution is 5.86. The topological polar surface area (TPSA) is 80.1 Å². The normalized spacial score (nSPS) is 17.0. The first kappa shape index (κ1) is 17.0. The van der Waals surface area contributed by atoms with Gasteiger partial charge >= 0.3 is 0 Å². The Kier molecular flexibility index (Phi) is 5.88. The molecule has 5 nitrogen and oxygen atoms in total. The molecule has 0 spiro atoms. The number of carbonyl (C=O) groups excluding carboxylic acids is 1. The van der Waals surface area contributed by atoms with Crippen LogP contribution in [0.5, 0.6) is 0 Å². The van der Waals surface area contributed by atoms with Crippen molar-refractivity contribution in [2.75, 3.05) is 13.2 Å². The number of H-pyrrole nitrogens is 1. The van der Waals surface area contributed by atoms with E-state index in [2.05, 4.69) is 10.3 Å². The van der Waals surface area contributed by atoms with Crippen LogP contribution in [0.25, 0.3) is 10.9 Å².